The van der Waals surface area contributed by atoms with Gasteiger partial charge in [0.05, 0.1) is 19.6 Å². The molecule has 1 saturated heterocycles. The maximum atomic E-state index is 11.4. The average Bonchev–Trinajstić information content (AvgIpc) is 2.75. The van der Waals surface area contributed by atoms with E-state index in [2.05, 4.69) is 5.32 Å². The van der Waals surface area contributed by atoms with Gasteiger partial charge in [0.1, 0.15) is 16.9 Å². The number of carbonyl (C=O) groups is 3. The first kappa shape index (κ1) is 13.3. The van der Waals surface area contributed by atoms with Crippen molar-refractivity contribution in [2.75, 3.05) is 13.1 Å². The van der Waals surface area contributed by atoms with E-state index in [9.17, 15) is 19.5 Å². The van der Waals surface area contributed by atoms with Crippen molar-refractivity contribution < 1.29 is 23.9 Å². The zero-order valence-corrected chi connectivity index (χ0v) is 11.0. The van der Waals surface area contributed by atoms with Crippen LogP contribution in [0.2, 0.25) is 0 Å². The number of carbonyl (C=O) groups excluding carboxylic acids is 2. The summed E-state index contributed by atoms with van der Waals surface area (Å²) < 4.78 is 5.57. The number of hydrogen-bond donors (Lipinski definition) is 2. The van der Waals surface area contributed by atoms with E-state index >= 15 is 0 Å². The van der Waals surface area contributed by atoms with Crippen LogP contribution in [0.25, 0.3) is 11.0 Å². The summed E-state index contributed by atoms with van der Waals surface area (Å²) in [6, 6.07) is 6.82. The molecule has 2 heterocycles. The molecule has 0 atom stereocenters. The molecule has 2 aromatic rings. The molecular weight excluding hydrogens is 276 g/mol. The summed E-state index contributed by atoms with van der Waals surface area (Å²) in [5.41, 5.74) is 0.543. The first-order valence-corrected chi connectivity index (χ1v) is 6.33. The van der Waals surface area contributed by atoms with Gasteiger partial charge < -0.3 is 9.52 Å². The smallest absolute Gasteiger partial charge is 0.339 e. The number of imide groups is 1. The predicted octanol–water partition coefficient (Wildman–Crippen LogP) is 0.589. The summed E-state index contributed by atoms with van der Waals surface area (Å²) in [4.78, 5) is 35.7. The maximum absolute atomic E-state index is 11.4. The fourth-order valence-corrected chi connectivity index (χ4v) is 2.45. The molecule has 0 unspecified atom stereocenters. The standard InChI is InChI=1S/C14H12N2O5/c17-11-6-16(7-12(18)15-11)5-10-13(14(19)20)8-3-1-2-4-9(8)21-10/h1-4H,5-7H2,(H,19,20)(H,15,17,18). The Kier molecular flexibility index (Phi) is 3.19. The summed E-state index contributed by atoms with van der Waals surface area (Å²) in [6.07, 6.45) is 0. The number of fused-ring (bicyclic) bond motifs is 1. The van der Waals surface area contributed by atoms with Crippen molar-refractivity contribution in [2.24, 2.45) is 0 Å². The number of aromatic carboxylic acids is 1. The molecule has 0 saturated carbocycles. The number of carboxylic acids is 1. The second-order valence-electron chi connectivity index (χ2n) is 4.82. The molecule has 0 radical (unpaired) electrons. The van der Waals surface area contributed by atoms with E-state index in [0.717, 1.165) is 0 Å². The van der Waals surface area contributed by atoms with E-state index in [1.54, 1.807) is 29.2 Å². The Balaban J connectivity index is 1.96. The van der Waals surface area contributed by atoms with Crippen LogP contribution in [-0.2, 0) is 16.1 Å². The van der Waals surface area contributed by atoms with E-state index in [1.807, 2.05) is 0 Å². The molecule has 3 rings (SSSR count). The maximum Gasteiger partial charge on any atom is 0.339 e. The molecule has 1 aromatic carbocycles. The highest BCUT2D eigenvalue weighted by Crippen LogP contribution is 2.27. The minimum absolute atomic E-state index is 0.0296. The first-order valence-electron chi connectivity index (χ1n) is 6.33. The zero-order chi connectivity index (χ0) is 15.0. The first-order chi connectivity index (χ1) is 10.0. The number of furan rings is 1. The summed E-state index contributed by atoms with van der Waals surface area (Å²) in [7, 11) is 0. The number of nitrogens with zero attached hydrogens (tertiary/aromatic N) is 1. The van der Waals surface area contributed by atoms with Gasteiger partial charge >= 0.3 is 5.97 Å². The normalized spacial score (nSPS) is 16.2. The molecule has 21 heavy (non-hydrogen) atoms. The van der Waals surface area contributed by atoms with Gasteiger partial charge in [-0.05, 0) is 6.07 Å². The minimum Gasteiger partial charge on any atom is -0.478 e. The number of piperazine rings is 1. The van der Waals surface area contributed by atoms with Crippen LogP contribution < -0.4 is 5.32 Å². The van der Waals surface area contributed by atoms with Crippen LogP contribution in [0, 0.1) is 0 Å². The Morgan fingerprint density at radius 2 is 1.90 bits per heavy atom. The molecule has 1 aliphatic heterocycles. The Morgan fingerprint density at radius 3 is 2.57 bits per heavy atom. The third-order valence-corrected chi connectivity index (χ3v) is 3.26. The molecule has 7 nitrogen and oxygen atoms in total. The average molecular weight is 288 g/mol. The van der Waals surface area contributed by atoms with Gasteiger partial charge in [0.25, 0.3) is 0 Å². The van der Waals surface area contributed by atoms with Crippen molar-refractivity contribution in [2.45, 2.75) is 6.54 Å². The highest BCUT2D eigenvalue weighted by Gasteiger charge is 2.27. The van der Waals surface area contributed by atoms with Crippen molar-refractivity contribution in [3.8, 4) is 0 Å². The molecule has 1 fully saturated rings. The van der Waals surface area contributed by atoms with Crippen molar-refractivity contribution in [3.05, 3.63) is 35.6 Å². The van der Waals surface area contributed by atoms with Crippen LogP contribution in [0.15, 0.2) is 28.7 Å². The summed E-state index contributed by atoms with van der Waals surface area (Å²) in [5, 5.41) is 12.1. The topological polar surface area (TPSA) is 99.8 Å². The quantitative estimate of drug-likeness (QED) is 0.802. The van der Waals surface area contributed by atoms with Crippen LogP contribution >= 0.6 is 0 Å². The lowest BCUT2D eigenvalue weighted by molar-refractivity contribution is -0.136. The summed E-state index contributed by atoms with van der Waals surface area (Å²) >= 11 is 0. The number of nitrogens with one attached hydrogen (secondary N) is 1. The molecule has 108 valence electrons. The summed E-state index contributed by atoms with van der Waals surface area (Å²) in [5.74, 6) is -1.66. The van der Waals surface area contributed by atoms with Gasteiger partial charge in [0.2, 0.25) is 11.8 Å². The predicted molar refractivity (Wildman–Crippen MR) is 71.6 cm³/mol. The van der Waals surface area contributed by atoms with Crippen LogP contribution in [0.1, 0.15) is 16.1 Å². The molecule has 2 amide bonds. The highest BCUT2D eigenvalue weighted by atomic mass is 16.4. The third-order valence-electron chi connectivity index (χ3n) is 3.26. The highest BCUT2D eigenvalue weighted by molar-refractivity contribution is 6.03. The number of rotatable bonds is 3. The Bertz CT molecular complexity index is 733. The van der Waals surface area contributed by atoms with E-state index in [4.69, 9.17) is 4.42 Å². The molecule has 0 spiro atoms. The second-order valence-corrected chi connectivity index (χ2v) is 4.82. The number of benzene rings is 1. The lowest BCUT2D eigenvalue weighted by atomic mass is 10.1. The van der Waals surface area contributed by atoms with Gasteiger partial charge in [-0.25, -0.2) is 4.79 Å². The number of carboxylic acid groups (broad SMARTS) is 1. The molecule has 7 heteroatoms. The van der Waals surface area contributed by atoms with Crippen LogP contribution in [0.3, 0.4) is 0 Å². The number of amides is 2. The number of para-hydroxylation sites is 1. The fourth-order valence-electron chi connectivity index (χ4n) is 2.45. The van der Waals surface area contributed by atoms with Gasteiger partial charge in [0.15, 0.2) is 0 Å². The molecule has 0 bridgehead atoms. The minimum atomic E-state index is -1.09. The zero-order valence-electron chi connectivity index (χ0n) is 11.0. The van der Waals surface area contributed by atoms with Crippen molar-refractivity contribution in [3.63, 3.8) is 0 Å². The Hall–Kier alpha value is -2.67. The van der Waals surface area contributed by atoms with Gasteiger partial charge in [-0.3, -0.25) is 19.8 Å². The van der Waals surface area contributed by atoms with Crippen LogP contribution in [0.5, 0.6) is 0 Å². The fraction of sp³-hybridized carbons (Fsp3) is 0.214. The SMILES string of the molecule is O=C1CN(Cc2oc3ccccc3c2C(=O)O)CC(=O)N1. The summed E-state index contributed by atoms with van der Waals surface area (Å²) in [6.45, 7) is 0.152. The van der Waals surface area contributed by atoms with Crippen LogP contribution in [-0.4, -0.2) is 40.9 Å². The Morgan fingerprint density at radius 1 is 1.24 bits per heavy atom. The molecule has 1 aliphatic rings. The van der Waals surface area contributed by atoms with Gasteiger partial charge in [-0.1, -0.05) is 18.2 Å². The molecular formula is C14H12N2O5. The molecule has 2 N–H and O–H groups in total. The van der Waals surface area contributed by atoms with Crippen molar-refractivity contribution in [1.29, 1.82) is 0 Å². The van der Waals surface area contributed by atoms with E-state index in [-0.39, 0.29) is 31.0 Å². The van der Waals surface area contributed by atoms with Gasteiger partial charge in [-0.15, -0.1) is 0 Å². The van der Waals surface area contributed by atoms with Gasteiger partial charge in [-0.2, -0.15) is 0 Å². The molecule has 0 aliphatic carbocycles. The van der Waals surface area contributed by atoms with Crippen LogP contribution in [0.4, 0.5) is 0 Å². The lowest BCUT2D eigenvalue weighted by Crippen LogP contribution is -2.50. The second kappa shape index (κ2) is 5.02. The monoisotopic (exact) mass is 288 g/mol. The van der Waals surface area contributed by atoms with E-state index in [0.29, 0.717) is 11.0 Å². The Labute approximate surface area is 119 Å². The van der Waals surface area contributed by atoms with Crippen molar-refractivity contribution >= 4 is 28.8 Å². The largest absolute Gasteiger partial charge is 0.478 e. The lowest BCUT2D eigenvalue weighted by Gasteiger charge is -2.24. The van der Waals surface area contributed by atoms with E-state index < -0.39 is 17.8 Å². The third kappa shape index (κ3) is 2.50. The van der Waals surface area contributed by atoms with E-state index in [1.165, 1.54) is 0 Å². The molecule has 1 aromatic heterocycles. The van der Waals surface area contributed by atoms with Gasteiger partial charge in [0, 0.05) is 5.39 Å². The number of hydrogen-bond acceptors (Lipinski definition) is 5. The van der Waals surface area contributed by atoms with Crippen molar-refractivity contribution in [1.82, 2.24) is 10.2 Å².